The zero-order valence-electron chi connectivity index (χ0n) is 16.2. The Kier molecular flexibility index (Phi) is 7.63. The molecule has 0 aromatic heterocycles. The van der Waals surface area contributed by atoms with Gasteiger partial charge in [0.05, 0.1) is 11.6 Å². The number of aliphatic hydroxyl groups excluding tert-OH is 1. The van der Waals surface area contributed by atoms with Gasteiger partial charge in [-0.15, -0.1) is 0 Å². The van der Waals surface area contributed by atoms with Crippen LogP contribution in [0.15, 0.2) is 18.2 Å². The zero-order valence-corrected chi connectivity index (χ0v) is 17.0. The Hall–Kier alpha value is -1.90. The van der Waals surface area contributed by atoms with E-state index in [0.29, 0.717) is 36.8 Å². The highest BCUT2D eigenvalue weighted by Crippen LogP contribution is 2.27. The van der Waals surface area contributed by atoms with Gasteiger partial charge in [0.15, 0.2) is 0 Å². The molecule has 28 heavy (non-hydrogen) atoms. The van der Waals surface area contributed by atoms with Crippen LogP contribution in [-0.4, -0.2) is 58.8 Å². The molecule has 1 fully saturated rings. The first-order valence-corrected chi connectivity index (χ1v) is 9.66. The second-order valence-corrected chi connectivity index (χ2v) is 8.02. The SMILES string of the molecule is CC(C)C[C@H](C(=O)N1CCN(c2ccc(Cl)cc2F)CC1C)[C@H](O)C(=O)NO. The Morgan fingerprint density at radius 1 is 1.36 bits per heavy atom. The lowest BCUT2D eigenvalue weighted by atomic mass is 9.89. The molecule has 2 rings (SSSR count). The zero-order chi connectivity index (χ0) is 21.0. The number of anilines is 1. The van der Waals surface area contributed by atoms with E-state index in [9.17, 15) is 19.1 Å². The molecular weight excluding hydrogens is 389 g/mol. The lowest BCUT2D eigenvalue weighted by Crippen LogP contribution is -2.57. The summed E-state index contributed by atoms with van der Waals surface area (Å²) in [5.41, 5.74) is 1.82. The van der Waals surface area contributed by atoms with Crippen molar-refractivity contribution in [2.45, 2.75) is 39.3 Å². The smallest absolute Gasteiger partial charge is 0.272 e. The first kappa shape index (κ1) is 22.4. The standard InChI is InChI=1S/C19H27ClFN3O4/c1-11(2)8-14(17(25)18(26)22-28)19(27)24-7-6-23(10-12(24)3)16-5-4-13(20)9-15(16)21/h4-5,9,11-12,14,17,25,28H,6-8,10H2,1-3H3,(H,22,26)/t12?,14-,17-/m0/s1. The summed E-state index contributed by atoms with van der Waals surface area (Å²) in [4.78, 5) is 28.2. The average Bonchev–Trinajstić information content (AvgIpc) is 2.64. The number of amides is 2. The van der Waals surface area contributed by atoms with Crippen molar-refractivity contribution in [3.63, 3.8) is 0 Å². The van der Waals surface area contributed by atoms with Crippen LogP contribution in [0.1, 0.15) is 27.2 Å². The second kappa shape index (κ2) is 9.54. The van der Waals surface area contributed by atoms with Gasteiger partial charge in [-0.1, -0.05) is 25.4 Å². The summed E-state index contributed by atoms with van der Waals surface area (Å²) in [6.07, 6.45) is -1.34. The molecule has 1 aliphatic rings. The van der Waals surface area contributed by atoms with Crippen molar-refractivity contribution in [3.8, 4) is 0 Å². The Bertz CT molecular complexity index is 718. The fraction of sp³-hybridized carbons (Fsp3) is 0.579. The van der Waals surface area contributed by atoms with Crippen LogP contribution in [0.4, 0.5) is 10.1 Å². The van der Waals surface area contributed by atoms with Crippen LogP contribution in [0.5, 0.6) is 0 Å². The molecule has 156 valence electrons. The first-order chi connectivity index (χ1) is 13.1. The predicted octanol–water partition coefficient (Wildman–Crippen LogP) is 2.04. The van der Waals surface area contributed by atoms with Gasteiger partial charge < -0.3 is 14.9 Å². The summed E-state index contributed by atoms with van der Waals surface area (Å²) in [5.74, 6) is -2.68. The van der Waals surface area contributed by atoms with Crippen molar-refractivity contribution in [2.75, 3.05) is 24.5 Å². The van der Waals surface area contributed by atoms with Crippen LogP contribution >= 0.6 is 11.6 Å². The average molecular weight is 416 g/mol. The van der Waals surface area contributed by atoms with E-state index >= 15 is 0 Å². The number of piperazine rings is 1. The molecule has 2 amide bonds. The molecule has 0 aliphatic carbocycles. The van der Waals surface area contributed by atoms with E-state index in [-0.39, 0.29) is 17.9 Å². The Morgan fingerprint density at radius 2 is 2.04 bits per heavy atom. The molecular formula is C19H27ClFN3O4. The van der Waals surface area contributed by atoms with Gasteiger partial charge >= 0.3 is 0 Å². The van der Waals surface area contributed by atoms with Crippen LogP contribution in [-0.2, 0) is 9.59 Å². The molecule has 1 saturated heterocycles. The topological polar surface area (TPSA) is 93.1 Å². The van der Waals surface area contributed by atoms with Gasteiger partial charge in [-0.05, 0) is 37.5 Å². The molecule has 3 atom stereocenters. The Balaban J connectivity index is 2.14. The van der Waals surface area contributed by atoms with Crippen molar-refractivity contribution >= 4 is 29.1 Å². The number of nitrogens with one attached hydrogen (secondary N) is 1. The molecule has 1 heterocycles. The summed E-state index contributed by atoms with van der Waals surface area (Å²) in [7, 11) is 0. The molecule has 1 aliphatic heterocycles. The van der Waals surface area contributed by atoms with Gasteiger partial charge in [-0.2, -0.15) is 0 Å². The number of aliphatic hydroxyl groups is 1. The number of carbonyl (C=O) groups excluding carboxylic acids is 2. The van der Waals surface area contributed by atoms with Gasteiger partial charge in [0, 0.05) is 30.7 Å². The minimum absolute atomic E-state index is 0.0647. The largest absolute Gasteiger partial charge is 0.382 e. The number of hydroxylamine groups is 1. The lowest BCUT2D eigenvalue weighted by molar-refractivity contribution is -0.152. The van der Waals surface area contributed by atoms with E-state index in [4.69, 9.17) is 16.8 Å². The number of halogens is 2. The maximum atomic E-state index is 14.2. The van der Waals surface area contributed by atoms with Crippen molar-refractivity contribution < 1.29 is 24.3 Å². The molecule has 0 spiro atoms. The van der Waals surface area contributed by atoms with Crippen molar-refractivity contribution in [1.29, 1.82) is 0 Å². The molecule has 0 saturated carbocycles. The van der Waals surface area contributed by atoms with Crippen LogP contribution < -0.4 is 10.4 Å². The minimum Gasteiger partial charge on any atom is -0.382 e. The summed E-state index contributed by atoms with van der Waals surface area (Å²) in [6.45, 7) is 6.74. The van der Waals surface area contributed by atoms with Crippen LogP contribution in [0, 0.1) is 17.7 Å². The highest BCUT2D eigenvalue weighted by atomic mass is 35.5. The van der Waals surface area contributed by atoms with Gasteiger partial charge in [0.25, 0.3) is 5.91 Å². The fourth-order valence-electron chi connectivity index (χ4n) is 3.58. The monoisotopic (exact) mass is 415 g/mol. The van der Waals surface area contributed by atoms with Gasteiger partial charge in [-0.3, -0.25) is 14.8 Å². The van der Waals surface area contributed by atoms with E-state index in [1.54, 1.807) is 17.0 Å². The number of benzene rings is 1. The van der Waals surface area contributed by atoms with E-state index in [1.165, 1.54) is 11.5 Å². The summed E-state index contributed by atoms with van der Waals surface area (Å²) in [5, 5.41) is 19.3. The molecule has 0 bridgehead atoms. The number of rotatable bonds is 6. The molecule has 1 unspecified atom stereocenters. The third-order valence-electron chi connectivity index (χ3n) is 4.96. The normalized spacial score (nSPS) is 19.5. The van der Waals surface area contributed by atoms with E-state index < -0.39 is 23.7 Å². The highest BCUT2D eigenvalue weighted by molar-refractivity contribution is 6.30. The predicted molar refractivity (Wildman–Crippen MR) is 104 cm³/mol. The molecule has 3 N–H and O–H groups in total. The van der Waals surface area contributed by atoms with Gasteiger partial charge in [0.2, 0.25) is 5.91 Å². The number of carbonyl (C=O) groups is 2. The van der Waals surface area contributed by atoms with Gasteiger partial charge in [0.1, 0.15) is 11.9 Å². The molecule has 1 aromatic rings. The molecule has 7 nitrogen and oxygen atoms in total. The molecule has 9 heteroatoms. The van der Waals surface area contributed by atoms with Crippen LogP contribution in [0.3, 0.4) is 0 Å². The number of nitrogens with zero attached hydrogens (tertiary/aromatic N) is 2. The Morgan fingerprint density at radius 3 is 2.57 bits per heavy atom. The van der Waals surface area contributed by atoms with Crippen LogP contribution in [0.2, 0.25) is 5.02 Å². The van der Waals surface area contributed by atoms with Gasteiger partial charge in [-0.25, -0.2) is 9.87 Å². The molecule has 1 aromatic carbocycles. The fourth-order valence-corrected chi connectivity index (χ4v) is 3.73. The summed E-state index contributed by atoms with van der Waals surface area (Å²) < 4.78 is 14.2. The highest BCUT2D eigenvalue weighted by Gasteiger charge is 2.38. The third-order valence-corrected chi connectivity index (χ3v) is 5.20. The minimum atomic E-state index is -1.64. The lowest BCUT2D eigenvalue weighted by Gasteiger charge is -2.42. The molecule has 0 radical (unpaired) electrons. The van der Waals surface area contributed by atoms with E-state index in [2.05, 4.69) is 0 Å². The van der Waals surface area contributed by atoms with Crippen LogP contribution in [0.25, 0.3) is 0 Å². The van der Waals surface area contributed by atoms with E-state index in [0.717, 1.165) is 0 Å². The van der Waals surface area contributed by atoms with E-state index in [1.807, 2.05) is 25.7 Å². The maximum Gasteiger partial charge on any atom is 0.272 e. The number of hydrogen-bond donors (Lipinski definition) is 3. The summed E-state index contributed by atoms with van der Waals surface area (Å²) >= 11 is 5.81. The van der Waals surface area contributed by atoms with Crippen molar-refractivity contribution in [3.05, 3.63) is 29.0 Å². The second-order valence-electron chi connectivity index (χ2n) is 7.58. The van der Waals surface area contributed by atoms with Crippen molar-refractivity contribution in [1.82, 2.24) is 10.4 Å². The maximum absolute atomic E-state index is 14.2. The first-order valence-electron chi connectivity index (χ1n) is 9.28. The quantitative estimate of drug-likeness (QED) is 0.488. The Labute approximate surface area is 169 Å². The third kappa shape index (κ3) is 5.12. The van der Waals surface area contributed by atoms with Crippen molar-refractivity contribution in [2.24, 2.45) is 11.8 Å². The number of hydrogen-bond acceptors (Lipinski definition) is 5. The summed E-state index contributed by atoms with van der Waals surface area (Å²) in [6, 6.07) is 4.22.